The van der Waals surface area contributed by atoms with Crippen LogP contribution in [-0.4, -0.2) is 15.5 Å². The van der Waals surface area contributed by atoms with E-state index in [9.17, 15) is 4.79 Å². The molecular formula is C18H19N3OS. The van der Waals surface area contributed by atoms with Crippen molar-refractivity contribution in [2.45, 2.75) is 26.3 Å². The van der Waals surface area contributed by atoms with Gasteiger partial charge in [-0.1, -0.05) is 29.8 Å². The average molecular weight is 325 g/mol. The van der Waals surface area contributed by atoms with Crippen LogP contribution < -0.4 is 5.32 Å². The van der Waals surface area contributed by atoms with Gasteiger partial charge in [-0.2, -0.15) is 0 Å². The predicted octanol–water partition coefficient (Wildman–Crippen LogP) is 4.18. The lowest BCUT2D eigenvalue weighted by molar-refractivity contribution is -0.116. The molecule has 1 N–H and O–H groups in total. The molecule has 1 aromatic carbocycles. The van der Waals surface area contributed by atoms with Crippen LogP contribution in [0.15, 0.2) is 54.2 Å². The molecule has 0 saturated heterocycles. The van der Waals surface area contributed by atoms with E-state index < -0.39 is 0 Å². The highest BCUT2D eigenvalue weighted by Gasteiger charge is 2.18. The zero-order valence-electron chi connectivity index (χ0n) is 13.2. The molecule has 0 unspecified atom stereocenters. The molecule has 0 radical (unpaired) electrons. The number of carbonyl (C=O) groups excluding carboxylic acids is 1. The van der Waals surface area contributed by atoms with E-state index in [1.807, 2.05) is 42.9 Å². The summed E-state index contributed by atoms with van der Waals surface area (Å²) < 4.78 is 2.07. The number of hydrogen-bond acceptors (Lipinski definition) is 3. The van der Waals surface area contributed by atoms with Crippen LogP contribution >= 0.6 is 11.3 Å². The van der Waals surface area contributed by atoms with Gasteiger partial charge in [0.1, 0.15) is 0 Å². The Morgan fingerprint density at radius 3 is 2.70 bits per heavy atom. The van der Waals surface area contributed by atoms with Crippen LogP contribution in [0.3, 0.4) is 0 Å². The van der Waals surface area contributed by atoms with Crippen molar-refractivity contribution in [1.29, 1.82) is 0 Å². The van der Waals surface area contributed by atoms with Gasteiger partial charge in [-0.05, 0) is 31.5 Å². The van der Waals surface area contributed by atoms with E-state index in [-0.39, 0.29) is 11.9 Å². The predicted molar refractivity (Wildman–Crippen MR) is 93.8 cm³/mol. The van der Waals surface area contributed by atoms with Crippen molar-refractivity contribution in [2.24, 2.45) is 0 Å². The van der Waals surface area contributed by atoms with Crippen LogP contribution in [0.2, 0.25) is 0 Å². The van der Waals surface area contributed by atoms with Crippen molar-refractivity contribution in [2.75, 3.05) is 5.32 Å². The van der Waals surface area contributed by atoms with Crippen molar-refractivity contribution < 1.29 is 4.79 Å². The molecule has 4 nitrogen and oxygen atoms in total. The largest absolute Gasteiger partial charge is 0.346 e. The summed E-state index contributed by atoms with van der Waals surface area (Å²) >= 11 is 1.45. The van der Waals surface area contributed by atoms with E-state index >= 15 is 0 Å². The minimum Gasteiger partial charge on any atom is -0.346 e. The topological polar surface area (TPSA) is 46.9 Å². The van der Waals surface area contributed by atoms with E-state index in [4.69, 9.17) is 0 Å². The number of anilines is 1. The molecule has 0 aliphatic rings. The van der Waals surface area contributed by atoms with Crippen molar-refractivity contribution in [3.05, 3.63) is 71.0 Å². The lowest BCUT2D eigenvalue weighted by Crippen LogP contribution is -2.19. The number of rotatable bonds is 5. The number of benzene rings is 1. The number of thiazole rings is 1. The number of hydrogen-bond donors (Lipinski definition) is 1. The van der Waals surface area contributed by atoms with Crippen molar-refractivity contribution in [1.82, 2.24) is 9.55 Å². The number of nitrogens with zero attached hydrogens (tertiary/aromatic N) is 2. The fourth-order valence-electron chi connectivity index (χ4n) is 2.59. The zero-order chi connectivity index (χ0) is 16.2. The first-order valence-electron chi connectivity index (χ1n) is 7.53. The summed E-state index contributed by atoms with van der Waals surface area (Å²) in [7, 11) is 0. The second kappa shape index (κ2) is 6.79. The lowest BCUT2D eigenvalue weighted by Gasteiger charge is -2.19. The van der Waals surface area contributed by atoms with Gasteiger partial charge >= 0.3 is 0 Å². The van der Waals surface area contributed by atoms with E-state index in [1.165, 1.54) is 16.9 Å². The molecule has 3 aromatic rings. The molecule has 118 valence electrons. The Bertz CT molecular complexity index is 792. The van der Waals surface area contributed by atoms with Crippen LogP contribution in [0.4, 0.5) is 5.13 Å². The Labute approximate surface area is 139 Å². The molecule has 1 amide bonds. The van der Waals surface area contributed by atoms with Gasteiger partial charge in [0, 0.05) is 17.8 Å². The highest BCUT2D eigenvalue weighted by Crippen LogP contribution is 2.24. The first-order chi connectivity index (χ1) is 11.1. The summed E-state index contributed by atoms with van der Waals surface area (Å²) in [6, 6.07) is 12.2. The van der Waals surface area contributed by atoms with E-state index in [1.54, 1.807) is 0 Å². The van der Waals surface area contributed by atoms with Crippen LogP contribution in [0.1, 0.15) is 29.3 Å². The Morgan fingerprint density at radius 1 is 1.26 bits per heavy atom. The Morgan fingerprint density at radius 2 is 2.04 bits per heavy atom. The van der Waals surface area contributed by atoms with Gasteiger partial charge in [-0.3, -0.25) is 4.79 Å². The number of aryl methyl sites for hydroxylation is 2. The summed E-state index contributed by atoms with van der Waals surface area (Å²) in [6.45, 7) is 3.98. The monoisotopic (exact) mass is 325 g/mol. The van der Waals surface area contributed by atoms with Crippen molar-refractivity contribution >= 4 is 22.4 Å². The molecule has 0 saturated carbocycles. The summed E-state index contributed by atoms with van der Waals surface area (Å²) in [4.78, 5) is 16.7. The standard InChI is InChI=1S/C18H19N3OS/c1-13-6-5-7-15(10-13)16(21-8-3-4-9-21)11-17(22)20-18-19-14(2)12-23-18/h3-10,12,16H,11H2,1-2H3,(H,19,20,22)/t16-/m1/s1. The molecule has 1 atom stereocenters. The SMILES string of the molecule is Cc1cccc([C@@H](CC(=O)Nc2nc(C)cs2)n2cccc2)c1. The fourth-order valence-corrected chi connectivity index (χ4v) is 3.29. The van der Waals surface area contributed by atoms with Crippen LogP contribution in [0.5, 0.6) is 0 Å². The summed E-state index contributed by atoms with van der Waals surface area (Å²) in [5.74, 6) is -0.0282. The van der Waals surface area contributed by atoms with Crippen LogP contribution in [0, 0.1) is 13.8 Å². The van der Waals surface area contributed by atoms with Gasteiger partial charge in [0.05, 0.1) is 18.2 Å². The number of carbonyl (C=O) groups is 1. The molecule has 5 heteroatoms. The molecule has 2 aromatic heterocycles. The Balaban J connectivity index is 1.80. The normalized spacial score (nSPS) is 12.1. The molecule has 0 bridgehead atoms. The van der Waals surface area contributed by atoms with E-state index in [0.29, 0.717) is 11.6 Å². The van der Waals surface area contributed by atoms with Crippen LogP contribution in [-0.2, 0) is 4.79 Å². The summed E-state index contributed by atoms with van der Waals surface area (Å²) in [5, 5.41) is 5.48. The molecule has 2 heterocycles. The summed E-state index contributed by atoms with van der Waals surface area (Å²) in [5.41, 5.74) is 3.24. The first kappa shape index (κ1) is 15.5. The molecule has 0 aliphatic carbocycles. The molecular weight excluding hydrogens is 306 g/mol. The third-order valence-corrected chi connectivity index (χ3v) is 4.53. The number of amides is 1. The minimum absolute atomic E-state index is 0.0223. The van der Waals surface area contributed by atoms with Gasteiger partial charge in [-0.15, -0.1) is 11.3 Å². The second-order valence-corrected chi connectivity index (χ2v) is 6.46. The van der Waals surface area contributed by atoms with E-state index in [0.717, 1.165) is 11.3 Å². The maximum Gasteiger partial charge on any atom is 0.228 e. The van der Waals surface area contributed by atoms with Gasteiger partial charge in [-0.25, -0.2) is 4.98 Å². The highest BCUT2D eigenvalue weighted by molar-refractivity contribution is 7.13. The third kappa shape index (κ3) is 3.87. The Kier molecular flexibility index (Phi) is 4.57. The molecule has 0 fully saturated rings. The number of aromatic nitrogens is 2. The minimum atomic E-state index is -0.0282. The Hall–Kier alpha value is -2.40. The quantitative estimate of drug-likeness (QED) is 0.765. The summed E-state index contributed by atoms with van der Waals surface area (Å²) in [6.07, 6.45) is 4.36. The molecule has 23 heavy (non-hydrogen) atoms. The fraction of sp³-hybridized carbons (Fsp3) is 0.222. The number of nitrogens with one attached hydrogen (secondary N) is 1. The first-order valence-corrected chi connectivity index (χ1v) is 8.41. The third-order valence-electron chi connectivity index (χ3n) is 3.66. The van der Waals surface area contributed by atoms with Gasteiger partial charge in [0.25, 0.3) is 0 Å². The molecule has 3 rings (SSSR count). The lowest BCUT2D eigenvalue weighted by atomic mass is 10.0. The van der Waals surface area contributed by atoms with Crippen LogP contribution in [0.25, 0.3) is 0 Å². The van der Waals surface area contributed by atoms with E-state index in [2.05, 4.69) is 40.0 Å². The maximum atomic E-state index is 12.4. The highest BCUT2D eigenvalue weighted by atomic mass is 32.1. The maximum absolute atomic E-state index is 12.4. The molecule has 0 aliphatic heterocycles. The molecule has 0 spiro atoms. The average Bonchev–Trinajstić information content (AvgIpc) is 3.17. The van der Waals surface area contributed by atoms with Gasteiger partial charge in [0.2, 0.25) is 5.91 Å². The van der Waals surface area contributed by atoms with Gasteiger partial charge < -0.3 is 9.88 Å². The van der Waals surface area contributed by atoms with Crippen molar-refractivity contribution in [3.8, 4) is 0 Å². The second-order valence-electron chi connectivity index (χ2n) is 5.61. The zero-order valence-corrected chi connectivity index (χ0v) is 14.0. The smallest absolute Gasteiger partial charge is 0.228 e. The van der Waals surface area contributed by atoms with Gasteiger partial charge in [0.15, 0.2) is 5.13 Å². The van der Waals surface area contributed by atoms with Crippen molar-refractivity contribution in [3.63, 3.8) is 0 Å².